The van der Waals surface area contributed by atoms with Crippen molar-refractivity contribution in [2.24, 2.45) is 11.5 Å². The Hall–Kier alpha value is -1.63. The third kappa shape index (κ3) is 2.94. The van der Waals surface area contributed by atoms with E-state index in [0.29, 0.717) is 5.75 Å². The molecule has 0 spiro atoms. The Morgan fingerprint density at radius 2 is 2.12 bits per heavy atom. The van der Waals surface area contributed by atoms with E-state index in [1.165, 1.54) is 19.2 Å². The molecule has 0 aliphatic rings. The van der Waals surface area contributed by atoms with E-state index in [1.54, 1.807) is 6.07 Å². The first-order valence-electron chi connectivity index (χ1n) is 5.05. The predicted octanol–water partition coefficient (Wildman–Crippen LogP) is -0.853. The summed E-state index contributed by atoms with van der Waals surface area (Å²) in [7, 11) is 1.45. The van der Waals surface area contributed by atoms with Crippen LogP contribution in [-0.4, -0.2) is 35.9 Å². The lowest BCUT2D eigenvalue weighted by Crippen LogP contribution is -2.29. The monoisotopic (exact) mass is 240 g/mol. The molecule has 6 heteroatoms. The zero-order valence-electron chi connectivity index (χ0n) is 9.46. The Bertz CT molecular complexity index is 408. The standard InChI is InChI=1S/C11H16N2O4/c1-17-6-2-3-7(8(4-6)11(13)16)10(15)9(14)5-12/h2-4,9-10,14-15H,5,12H2,1H3,(H2,13,16). The van der Waals surface area contributed by atoms with E-state index in [1.807, 2.05) is 0 Å². The SMILES string of the molecule is COc1ccc(C(O)C(O)CN)c(C(N)=O)c1. The number of aliphatic hydroxyl groups excluding tert-OH is 2. The molecule has 2 atom stereocenters. The van der Waals surface area contributed by atoms with Crippen LogP contribution in [0.1, 0.15) is 22.0 Å². The van der Waals surface area contributed by atoms with E-state index in [9.17, 15) is 15.0 Å². The maximum Gasteiger partial charge on any atom is 0.249 e. The zero-order valence-corrected chi connectivity index (χ0v) is 9.46. The lowest BCUT2D eigenvalue weighted by Gasteiger charge is -2.19. The first-order chi connectivity index (χ1) is 8.01. The molecule has 17 heavy (non-hydrogen) atoms. The first kappa shape index (κ1) is 13.4. The molecule has 0 radical (unpaired) electrons. The summed E-state index contributed by atoms with van der Waals surface area (Å²) in [6.07, 6.45) is -2.41. The Morgan fingerprint density at radius 3 is 2.59 bits per heavy atom. The Balaban J connectivity index is 3.18. The van der Waals surface area contributed by atoms with Crippen molar-refractivity contribution in [3.63, 3.8) is 0 Å². The molecule has 0 fully saturated rings. The van der Waals surface area contributed by atoms with E-state index in [4.69, 9.17) is 16.2 Å². The van der Waals surface area contributed by atoms with Crippen molar-refractivity contribution in [3.8, 4) is 5.75 Å². The number of carbonyl (C=O) groups is 1. The molecule has 2 unspecified atom stereocenters. The molecular weight excluding hydrogens is 224 g/mol. The van der Waals surface area contributed by atoms with Crippen LogP contribution >= 0.6 is 0 Å². The fourth-order valence-corrected chi connectivity index (χ4v) is 1.47. The van der Waals surface area contributed by atoms with E-state index in [0.717, 1.165) is 0 Å². The van der Waals surface area contributed by atoms with Gasteiger partial charge in [-0.1, -0.05) is 6.07 Å². The van der Waals surface area contributed by atoms with Gasteiger partial charge in [0.05, 0.1) is 13.2 Å². The second kappa shape index (κ2) is 5.62. The summed E-state index contributed by atoms with van der Waals surface area (Å²) in [6.45, 7) is -0.120. The Kier molecular flexibility index (Phi) is 4.45. The number of benzene rings is 1. The smallest absolute Gasteiger partial charge is 0.249 e. The van der Waals surface area contributed by atoms with Crippen LogP contribution in [0.25, 0.3) is 0 Å². The molecule has 94 valence electrons. The highest BCUT2D eigenvalue weighted by Crippen LogP contribution is 2.24. The van der Waals surface area contributed by atoms with Gasteiger partial charge < -0.3 is 26.4 Å². The molecule has 6 N–H and O–H groups in total. The van der Waals surface area contributed by atoms with Crippen molar-refractivity contribution in [1.29, 1.82) is 0 Å². The Labute approximate surface area is 98.8 Å². The average molecular weight is 240 g/mol. The highest BCUT2D eigenvalue weighted by Gasteiger charge is 2.22. The van der Waals surface area contributed by atoms with E-state index >= 15 is 0 Å². The van der Waals surface area contributed by atoms with Crippen molar-refractivity contribution in [3.05, 3.63) is 29.3 Å². The maximum absolute atomic E-state index is 11.2. The normalized spacial score (nSPS) is 14.1. The number of rotatable bonds is 5. The van der Waals surface area contributed by atoms with Crippen LogP contribution in [0.3, 0.4) is 0 Å². The van der Waals surface area contributed by atoms with Gasteiger partial charge in [-0.2, -0.15) is 0 Å². The van der Waals surface area contributed by atoms with Crippen LogP contribution in [0, 0.1) is 0 Å². The minimum Gasteiger partial charge on any atom is -0.497 e. The van der Waals surface area contributed by atoms with Crippen molar-refractivity contribution >= 4 is 5.91 Å². The third-order valence-corrected chi connectivity index (χ3v) is 2.45. The fraction of sp³-hybridized carbons (Fsp3) is 0.364. The molecule has 1 aromatic rings. The Morgan fingerprint density at radius 1 is 1.47 bits per heavy atom. The van der Waals surface area contributed by atoms with Gasteiger partial charge in [-0.25, -0.2) is 0 Å². The van der Waals surface area contributed by atoms with Crippen LogP contribution in [0.2, 0.25) is 0 Å². The van der Waals surface area contributed by atoms with Gasteiger partial charge in [0.1, 0.15) is 11.9 Å². The summed E-state index contributed by atoms with van der Waals surface area (Å²) in [6, 6.07) is 4.45. The zero-order chi connectivity index (χ0) is 13.0. The second-order valence-corrected chi connectivity index (χ2v) is 3.57. The first-order valence-corrected chi connectivity index (χ1v) is 5.05. The lowest BCUT2D eigenvalue weighted by molar-refractivity contribution is 0.0238. The summed E-state index contributed by atoms with van der Waals surface area (Å²) in [4.78, 5) is 11.2. The predicted molar refractivity (Wildman–Crippen MR) is 61.5 cm³/mol. The molecule has 0 aliphatic heterocycles. The molecule has 0 heterocycles. The van der Waals surface area contributed by atoms with Gasteiger partial charge in [0, 0.05) is 12.1 Å². The largest absolute Gasteiger partial charge is 0.497 e. The molecular formula is C11H16N2O4. The number of aliphatic hydroxyl groups is 2. The summed E-state index contributed by atoms with van der Waals surface area (Å²) in [5.74, 6) is -0.265. The molecule has 0 aromatic heterocycles. The van der Waals surface area contributed by atoms with Crippen LogP contribution in [0.5, 0.6) is 5.75 Å². The number of nitrogens with two attached hydrogens (primary N) is 2. The summed E-state index contributed by atoms with van der Waals surface area (Å²) in [5, 5.41) is 19.3. The van der Waals surface area contributed by atoms with Crippen LogP contribution < -0.4 is 16.2 Å². The highest BCUT2D eigenvalue weighted by molar-refractivity contribution is 5.95. The van der Waals surface area contributed by atoms with E-state index in [-0.39, 0.29) is 17.7 Å². The van der Waals surface area contributed by atoms with Gasteiger partial charge >= 0.3 is 0 Å². The molecule has 1 rings (SSSR count). The average Bonchev–Trinajstić information content (AvgIpc) is 2.35. The van der Waals surface area contributed by atoms with Gasteiger partial charge in [-0.05, 0) is 17.7 Å². The molecule has 0 saturated carbocycles. The number of hydrogen-bond acceptors (Lipinski definition) is 5. The number of ether oxygens (including phenoxy) is 1. The molecule has 1 aromatic carbocycles. The fourth-order valence-electron chi connectivity index (χ4n) is 1.47. The van der Waals surface area contributed by atoms with E-state index < -0.39 is 18.1 Å². The number of carbonyl (C=O) groups excluding carboxylic acids is 1. The van der Waals surface area contributed by atoms with Gasteiger partial charge in [-0.3, -0.25) is 4.79 Å². The van der Waals surface area contributed by atoms with E-state index in [2.05, 4.69) is 0 Å². The van der Waals surface area contributed by atoms with Crippen molar-refractivity contribution in [1.82, 2.24) is 0 Å². The van der Waals surface area contributed by atoms with Gasteiger partial charge in [0.25, 0.3) is 0 Å². The van der Waals surface area contributed by atoms with Gasteiger partial charge in [0.15, 0.2) is 0 Å². The molecule has 1 amide bonds. The quantitative estimate of drug-likeness (QED) is 0.534. The maximum atomic E-state index is 11.2. The summed E-state index contributed by atoms with van der Waals surface area (Å²) >= 11 is 0. The van der Waals surface area contributed by atoms with Crippen molar-refractivity contribution in [2.75, 3.05) is 13.7 Å². The van der Waals surface area contributed by atoms with Crippen molar-refractivity contribution in [2.45, 2.75) is 12.2 Å². The topological polar surface area (TPSA) is 119 Å². The van der Waals surface area contributed by atoms with Gasteiger partial charge in [-0.15, -0.1) is 0 Å². The highest BCUT2D eigenvalue weighted by atomic mass is 16.5. The number of methoxy groups -OCH3 is 1. The second-order valence-electron chi connectivity index (χ2n) is 3.57. The summed E-state index contributed by atoms with van der Waals surface area (Å²) in [5.41, 5.74) is 10.8. The molecule has 0 saturated heterocycles. The number of primary amides is 1. The minimum atomic E-state index is -1.26. The molecule has 6 nitrogen and oxygen atoms in total. The van der Waals surface area contributed by atoms with Crippen LogP contribution in [0.15, 0.2) is 18.2 Å². The molecule has 0 bridgehead atoms. The number of hydrogen-bond donors (Lipinski definition) is 4. The third-order valence-electron chi connectivity index (χ3n) is 2.45. The number of amides is 1. The lowest BCUT2D eigenvalue weighted by atomic mass is 9.98. The van der Waals surface area contributed by atoms with Gasteiger partial charge in [0.2, 0.25) is 5.91 Å². The van der Waals surface area contributed by atoms with Crippen molar-refractivity contribution < 1.29 is 19.7 Å². The molecule has 0 aliphatic carbocycles. The van der Waals surface area contributed by atoms with Crippen LogP contribution in [-0.2, 0) is 0 Å². The van der Waals surface area contributed by atoms with Crippen LogP contribution in [0.4, 0.5) is 0 Å². The summed E-state index contributed by atoms with van der Waals surface area (Å²) < 4.78 is 4.95. The minimum absolute atomic E-state index is 0.101.